The summed E-state index contributed by atoms with van der Waals surface area (Å²) in [6, 6.07) is 12.0. The first-order valence-electron chi connectivity index (χ1n) is 7.64. The van der Waals surface area contributed by atoms with Crippen LogP contribution in [0.5, 0.6) is 0 Å². The minimum absolute atomic E-state index is 0.0618. The number of aromatic nitrogens is 1. The number of aryl methyl sites for hydroxylation is 2. The molecule has 0 aliphatic rings. The molecule has 24 heavy (non-hydrogen) atoms. The van der Waals surface area contributed by atoms with Gasteiger partial charge in [-0.05, 0) is 43.2 Å². The summed E-state index contributed by atoms with van der Waals surface area (Å²) >= 11 is 1.07. The lowest BCUT2D eigenvalue weighted by molar-refractivity contribution is 0.601. The molecule has 3 rings (SSSR count). The summed E-state index contributed by atoms with van der Waals surface area (Å²) in [4.78, 5) is 12.1. The SMILES string of the molecule is CCCn1c(=O)sc2cc(S(=O)(=O)Nc3ccccc3C)ccc21. The highest BCUT2D eigenvalue weighted by molar-refractivity contribution is 7.92. The summed E-state index contributed by atoms with van der Waals surface area (Å²) in [5.74, 6) is 0. The monoisotopic (exact) mass is 362 g/mol. The Kier molecular flexibility index (Phi) is 4.47. The molecule has 5 nitrogen and oxygen atoms in total. The molecule has 0 bridgehead atoms. The second-order valence-corrected chi connectivity index (χ2v) is 8.25. The number of nitrogens with one attached hydrogen (secondary N) is 1. The number of hydrogen-bond donors (Lipinski definition) is 1. The molecule has 0 spiro atoms. The molecule has 1 N–H and O–H groups in total. The Morgan fingerprint density at radius 3 is 2.62 bits per heavy atom. The highest BCUT2D eigenvalue weighted by Gasteiger charge is 2.17. The fraction of sp³-hybridized carbons (Fsp3) is 0.235. The van der Waals surface area contributed by atoms with Crippen molar-refractivity contribution >= 4 is 37.3 Å². The smallest absolute Gasteiger partial charge is 0.299 e. The number of para-hydroxylation sites is 1. The molecule has 1 aromatic heterocycles. The molecule has 0 aliphatic heterocycles. The van der Waals surface area contributed by atoms with Crippen LogP contribution in [-0.4, -0.2) is 13.0 Å². The van der Waals surface area contributed by atoms with E-state index in [4.69, 9.17) is 0 Å². The van der Waals surface area contributed by atoms with Crippen molar-refractivity contribution in [3.05, 3.63) is 57.7 Å². The molecule has 2 aromatic carbocycles. The highest BCUT2D eigenvalue weighted by atomic mass is 32.2. The molecule has 0 amide bonds. The molecule has 126 valence electrons. The lowest BCUT2D eigenvalue weighted by atomic mass is 10.2. The molecule has 0 saturated carbocycles. The molecular weight excluding hydrogens is 344 g/mol. The average Bonchev–Trinajstić information content (AvgIpc) is 2.85. The van der Waals surface area contributed by atoms with Crippen LogP contribution in [0, 0.1) is 6.92 Å². The van der Waals surface area contributed by atoms with Crippen molar-refractivity contribution in [2.75, 3.05) is 4.72 Å². The van der Waals surface area contributed by atoms with E-state index in [0.717, 1.165) is 28.8 Å². The van der Waals surface area contributed by atoms with Gasteiger partial charge in [0.05, 0.1) is 20.8 Å². The number of hydrogen-bond acceptors (Lipinski definition) is 4. The van der Waals surface area contributed by atoms with Crippen LogP contribution in [0.25, 0.3) is 10.2 Å². The summed E-state index contributed by atoms with van der Waals surface area (Å²) in [6.07, 6.45) is 0.848. The molecule has 0 radical (unpaired) electrons. The molecule has 0 fully saturated rings. The van der Waals surface area contributed by atoms with E-state index in [1.807, 2.05) is 26.0 Å². The lowest BCUT2D eigenvalue weighted by Crippen LogP contribution is -2.14. The minimum Gasteiger partial charge on any atom is -0.299 e. The van der Waals surface area contributed by atoms with E-state index >= 15 is 0 Å². The predicted octanol–water partition coefficient (Wildman–Crippen LogP) is 3.58. The number of thiazole rings is 1. The van der Waals surface area contributed by atoms with Gasteiger partial charge < -0.3 is 0 Å². The van der Waals surface area contributed by atoms with E-state index < -0.39 is 10.0 Å². The predicted molar refractivity (Wildman–Crippen MR) is 98.4 cm³/mol. The van der Waals surface area contributed by atoms with Crippen molar-refractivity contribution in [2.24, 2.45) is 0 Å². The lowest BCUT2D eigenvalue weighted by Gasteiger charge is -2.10. The number of nitrogens with zero attached hydrogens (tertiary/aromatic N) is 1. The van der Waals surface area contributed by atoms with E-state index in [0.29, 0.717) is 16.9 Å². The topological polar surface area (TPSA) is 68.2 Å². The summed E-state index contributed by atoms with van der Waals surface area (Å²) in [5.41, 5.74) is 2.18. The molecule has 0 atom stereocenters. The summed E-state index contributed by atoms with van der Waals surface area (Å²) in [7, 11) is -3.70. The second kappa shape index (κ2) is 6.41. The Bertz CT molecular complexity index is 1050. The van der Waals surface area contributed by atoms with Crippen LogP contribution in [0.1, 0.15) is 18.9 Å². The average molecular weight is 362 g/mol. The van der Waals surface area contributed by atoms with Gasteiger partial charge >= 0.3 is 4.87 Å². The highest BCUT2D eigenvalue weighted by Crippen LogP contribution is 2.24. The fourth-order valence-corrected chi connectivity index (χ4v) is 4.73. The zero-order chi connectivity index (χ0) is 17.3. The van der Waals surface area contributed by atoms with Gasteiger partial charge in [0.25, 0.3) is 10.0 Å². The van der Waals surface area contributed by atoms with E-state index in [1.54, 1.807) is 34.9 Å². The maximum absolute atomic E-state index is 12.6. The van der Waals surface area contributed by atoms with Crippen molar-refractivity contribution < 1.29 is 8.42 Å². The normalized spacial score (nSPS) is 11.8. The molecule has 0 saturated heterocycles. The number of fused-ring (bicyclic) bond motifs is 1. The first-order chi connectivity index (χ1) is 11.4. The van der Waals surface area contributed by atoms with Crippen LogP contribution < -0.4 is 9.60 Å². The second-order valence-electron chi connectivity index (χ2n) is 5.57. The van der Waals surface area contributed by atoms with Gasteiger partial charge in [0.15, 0.2) is 0 Å². The van der Waals surface area contributed by atoms with Gasteiger partial charge in [0.1, 0.15) is 0 Å². The standard InChI is InChI=1S/C17H18N2O3S2/c1-3-10-19-15-9-8-13(11-16(15)23-17(19)20)24(21,22)18-14-7-5-4-6-12(14)2/h4-9,11,18H,3,10H2,1-2H3. The molecule has 0 aliphatic carbocycles. The van der Waals surface area contributed by atoms with Crippen LogP contribution in [0.3, 0.4) is 0 Å². The van der Waals surface area contributed by atoms with Gasteiger partial charge in [-0.15, -0.1) is 0 Å². The van der Waals surface area contributed by atoms with E-state index in [9.17, 15) is 13.2 Å². The Balaban J connectivity index is 2.02. The zero-order valence-electron chi connectivity index (χ0n) is 13.4. The van der Waals surface area contributed by atoms with Crippen molar-refractivity contribution in [3.63, 3.8) is 0 Å². The molecule has 3 aromatic rings. The molecule has 7 heteroatoms. The van der Waals surface area contributed by atoms with Crippen LogP contribution in [0.4, 0.5) is 5.69 Å². The van der Waals surface area contributed by atoms with Crippen molar-refractivity contribution in [1.82, 2.24) is 4.57 Å². The van der Waals surface area contributed by atoms with Gasteiger partial charge in [-0.2, -0.15) is 0 Å². The third-order valence-electron chi connectivity index (χ3n) is 3.79. The van der Waals surface area contributed by atoms with Gasteiger partial charge in [0.2, 0.25) is 0 Å². The van der Waals surface area contributed by atoms with Crippen molar-refractivity contribution in [1.29, 1.82) is 0 Å². The molecule has 0 unspecified atom stereocenters. The van der Waals surface area contributed by atoms with Gasteiger partial charge in [-0.3, -0.25) is 14.1 Å². The van der Waals surface area contributed by atoms with Crippen LogP contribution in [0.15, 0.2) is 52.2 Å². The Hall–Kier alpha value is -2.12. The fourth-order valence-electron chi connectivity index (χ4n) is 2.54. The summed E-state index contributed by atoms with van der Waals surface area (Å²) in [6.45, 7) is 4.48. The van der Waals surface area contributed by atoms with Gasteiger partial charge in [0, 0.05) is 6.54 Å². The summed E-state index contributed by atoms with van der Waals surface area (Å²) < 4.78 is 30.2. The quantitative estimate of drug-likeness (QED) is 0.754. The van der Waals surface area contributed by atoms with Gasteiger partial charge in [-0.25, -0.2) is 8.42 Å². The van der Waals surface area contributed by atoms with E-state index in [1.165, 1.54) is 0 Å². The maximum Gasteiger partial charge on any atom is 0.308 e. The Morgan fingerprint density at radius 2 is 1.92 bits per heavy atom. The van der Waals surface area contributed by atoms with E-state index in [-0.39, 0.29) is 9.77 Å². The third kappa shape index (κ3) is 3.09. The van der Waals surface area contributed by atoms with Crippen LogP contribution in [-0.2, 0) is 16.6 Å². The number of sulfonamides is 1. The number of anilines is 1. The maximum atomic E-state index is 12.6. The largest absolute Gasteiger partial charge is 0.308 e. The van der Waals surface area contributed by atoms with E-state index in [2.05, 4.69) is 4.72 Å². The third-order valence-corrected chi connectivity index (χ3v) is 6.09. The Morgan fingerprint density at radius 1 is 1.17 bits per heavy atom. The first-order valence-corrected chi connectivity index (χ1v) is 9.94. The number of rotatable bonds is 5. The van der Waals surface area contributed by atoms with Crippen molar-refractivity contribution in [2.45, 2.75) is 31.7 Å². The van der Waals surface area contributed by atoms with Crippen LogP contribution in [0.2, 0.25) is 0 Å². The first kappa shape index (κ1) is 16.7. The molecule has 1 heterocycles. The molecular formula is C17H18N2O3S2. The Labute approximate surface area is 144 Å². The number of benzene rings is 2. The minimum atomic E-state index is -3.70. The van der Waals surface area contributed by atoms with Crippen LogP contribution >= 0.6 is 11.3 Å². The zero-order valence-corrected chi connectivity index (χ0v) is 15.1. The summed E-state index contributed by atoms with van der Waals surface area (Å²) in [5, 5.41) is 0. The van der Waals surface area contributed by atoms with Gasteiger partial charge in [-0.1, -0.05) is 36.5 Å². The van der Waals surface area contributed by atoms with Crippen molar-refractivity contribution in [3.8, 4) is 0 Å².